The minimum atomic E-state index is -5.08. The number of amides is 1. The zero-order chi connectivity index (χ0) is 30.1. The number of nitrogens with zero attached hydrogens (tertiary/aromatic N) is 7. The molecule has 216 valence electrons. The third-order valence-electron chi connectivity index (χ3n) is 6.79. The van der Waals surface area contributed by atoms with E-state index in [9.17, 15) is 23.2 Å². The quantitative estimate of drug-likeness (QED) is 0.319. The van der Waals surface area contributed by atoms with Crippen LogP contribution in [0.2, 0.25) is 5.02 Å². The van der Waals surface area contributed by atoms with Crippen molar-refractivity contribution >= 4 is 46.3 Å². The first-order valence-electron chi connectivity index (χ1n) is 12.3. The smallest absolute Gasteiger partial charge is 0.475 e. The number of aromatic nitrogens is 5. The molecule has 4 aromatic heterocycles. The van der Waals surface area contributed by atoms with E-state index in [2.05, 4.69) is 31.4 Å². The molecular weight excluding hydrogens is 567 g/mol. The molecular formula is C25H25ClF3N9O3. The molecule has 0 saturated carbocycles. The van der Waals surface area contributed by atoms with Crippen molar-refractivity contribution in [2.45, 2.75) is 38.9 Å². The van der Waals surface area contributed by atoms with Crippen LogP contribution in [0.4, 0.5) is 24.8 Å². The van der Waals surface area contributed by atoms with Crippen molar-refractivity contribution in [3.8, 4) is 6.07 Å². The first-order chi connectivity index (χ1) is 19.3. The first-order valence-corrected chi connectivity index (χ1v) is 12.6. The van der Waals surface area contributed by atoms with E-state index in [-0.39, 0.29) is 22.7 Å². The number of hydrogen-bond acceptors (Lipinski definition) is 8. The molecule has 0 spiro atoms. The number of nitrogen functional groups attached to an aromatic ring is 1. The molecule has 12 nitrogen and oxygen atoms in total. The van der Waals surface area contributed by atoms with Gasteiger partial charge in [-0.05, 0) is 38.8 Å². The molecule has 1 atom stereocenters. The van der Waals surface area contributed by atoms with Gasteiger partial charge in [-0.15, -0.1) is 5.10 Å². The number of piperidine rings is 1. The van der Waals surface area contributed by atoms with Crippen molar-refractivity contribution < 1.29 is 27.9 Å². The summed E-state index contributed by atoms with van der Waals surface area (Å²) in [5.41, 5.74) is 7.93. The summed E-state index contributed by atoms with van der Waals surface area (Å²) in [5, 5.41) is 24.4. The largest absolute Gasteiger partial charge is 0.490 e. The molecule has 1 amide bonds. The summed E-state index contributed by atoms with van der Waals surface area (Å²) in [6.45, 7) is 5.31. The number of nitriles is 1. The Hall–Kier alpha value is -4.58. The Labute approximate surface area is 236 Å². The van der Waals surface area contributed by atoms with E-state index in [1.165, 1.54) is 4.52 Å². The lowest BCUT2D eigenvalue weighted by atomic mass is 9.82. The maximum Gasteiger partial charge on any atom is 0.490 e. The zero-order valence-electron chi connectivity index (χ0n) is 21.9. The number of carboxylic acid groups (broad SMARTS) is 1. The summed E-state index contributed by atoms with van der Waals surface area (Å²) in [6.07, 6.45) is 3.12. The van der Waals surface area contributed by atoms with Gasteiger partial charge in [0, 0.05) is 31.0 Å². The van der Waals surface area contributed by atoms with Gasteiger partial charge in [0.1, 0.15) is 17.7 Å². The normalized spacial score (nSPS) is 15.6. The highest BCUT2D eigenvalue weighted by Gasteiger charge is 2.38. The number of carboxylic acids is 1. The Kier molecular flexibility index (Phi) is 7.98. The molecule has 0 bridgehead atoms. The van der Waals surface area contributed by atoms with Crippen LogP contribution < -0.4 is 16.0 Å². The Morgan fingerprint density at radius 2 is 1.98 bits per heavy atom. The molecule has 5 rings (SSSR count). The fourth-order valence-electron chi connectivity index (χ4n) is 4.50. The van der Waals surface area contributed by atoms with E-state index in [4.69, 9.17) is 27.2 Å². The standard InChI is InChI=1S/C23H24ClN9O.C2HF3O2/c1-14(29-21(34)18-19(26)30-33-7-3-6-28-20(18)33)15-10-16(24)17-11-27-13-32(17)22(15)31-8-4-23(2,12-25)5-9-31;3-2(4,5)1(6)7/h3,6-7,10-11,13-14H,4-5,8-9H2,1-2H3,(H2,26,30)(H,29,34);(H,6,7). The van der Waals surface area contributed by atoms with Gasteiger partial charge in [0.15, 0.2) is 11.5 Å². The lowest BCUT2D eigenvalue weighted by Crippen LogP contribution is -2.40. The summed E-state index contributed by atoms with van der Waals surface area (Å²) < 4.78 is 35.2. The maximum atomic E-state index is 13.2. The fraction of sp³-hybridized carbons (Fsp3) is 0.360. The third kappa shape index (κ3) is 5.97. The summed E-state index contributed by atoms with van der Waals surface area (Å²) in [5.74, 6) is -2.12. The molecule has 0 radical (unpaired) electrons. The number of alkyl halides is 3. The van der Waals surface area contributed by atoms with E-state index < -0.39 is 18.2 Å². The van der Waals surface area contributed by atoms with E-state index in [0.717, 1.165) is 29.7 Å². The number of carbonyl (C=O) groups is 2. The second kappa shape index (κ2) is 11.1. The molecule has 5 heterocycles. The van der Waals surface area contributed by atoms with Crippen molar-refractivity contribution in [1.82, 2.24) is 29.3 Å². The first kappa shape index (κ1) is 29.4. The van der Waals surface area contributed by atoms with Crippen LogP contribution in [-0.2, 0) is 4.79 Å². The topological polar surface area (TPSA) is 167 Å². The Morgan fingerprint density at radius 1 is 1.32 bits per heavy atom. The molecule has 0 aromatic carbocycles. The van der Waals surface area contributed by atoms with Crippen LogP contribution in [0.1, 0.15) is 48.7 Å². The molecule has 0 aliphatic carbocycles. The van der Waals surface area contributed by atoms with Crippen LogP contribution in [0.5, 0.6) is 0 Å². The highest BCUT2D eigenvalue weighted by molar-refractivity contribution is 6.34. The maximum absolute atomic E-state index is 13.2. The molecule has 1 aliphatic heterocycles. The monoisotopic (exact) mass is 591 g/mol. The second-order valence-electron chi connectivity index (χ2n) is 9.73. The summed E-state index contributed by atoms with van der Waals surface area (Å²) in [7, 11) is 0. The van der Waals surface area contributed by atoms with Gasteiger partial charge in [-0.2, -0.15) is 18.4 Å². The fourth-order valence-corrected chi connectivity index (χ4v) is 4.76. The minimum absolute atomic E-state index is 0.110. The van der Waals surface area contributed by atoms with Gasteiger partial charge in [-0.3, -0.25) is 9.20 Å². The number of carbonyl (C=O) groups excluding carboxylic acids is 1. The van der Waals surface area contributed by atoms with Crippen molar-refractivity contribution in [3.63, 3.8) is 0 Å². The van der Waals surface area contributed by atoms with Gasteiger partial charge in [0.25, 0.3) is 5.91 Å². The van der Waals surface area contributed by atoms with Crippen molar-refractivity contribution in [3.05, 3.63) is 53.2 Å². The van der Waals surface area contributed by atoms with Crippen LogP contribution in [0.3, 0.4) is 0 Å². The van der Waals surface area contributed by atoms with Gasteiger partial charge in [0.05, 0.1) is 34.3 Å². The van der Waals surface area contributed by atoms with Crippen LogP contribution in [-0.4, -0.2) is 60.2 Å². The van der Waals surface area contributed by atoms with Crippen LogP contribution in [0.15, 0.2) is 37.1 Å². The highest BCUT2D eigenvalue weighted by Crippen LogP contribution is 2.37. The minimum Gasteiger partial charge on any atom is -0.475 e. The molecule has 1 saturated heterocycles. The van der Waals surface area contributed by atoms with Crippen molar-refractivity contribution in [2.75, 3.05) is 23.7 Å². The predicted molar refractivity (Wildman–Crippen MR) is 142 cm³/mol. The number of aliphatic carboxylic acids is 1. The number of nitrogens with one attached hydrogen (secondary N) is 1. The SMILES string of the molecule is CC(NC(=O)c1c(N)nn2cccnc12)c1cc(Cl)c2cncn2c1N1CCC(C)(C#N)CC1.O=C(O)C(F)(F)F. The lowest BCUT2D eigenvalue weighted by molar-refractivity contribution is -0.192. The summed E-state index contributed by atoms with van der Waals surface area (Å²) in [4.78, 5) is 32.9. The Bertz CT molecular complexity index is 1650. The molecule has 1 aliphatic rings. The number of rotatable bonds is 4. The van der Waals surface area contributed by atoms with Gasteiger partial charge in [-0.1, -0.05) is 11.6 Å². The Morgan fingerprint density at radius 3 is 2.59 bits per heavy atom. The number of halogens is 4. The highest BCUT2D eigenvalue weighted by atomic mass is 35.5. The number of nitrogens with two attached hydrogens (primary N) is 1. The third-order valence-corrected chi connectivity index (χ3v) is 7.10. The zero-order valence-corrected chi connectivity index (χ0v) is 22.6. The van der Waals surface area contributed by atoms with Gasteiger partial charge in [-0.25, -0.2) is 19.3 Å². The molecule has 1 fully saturated rings. The van der Waals surface area contributed by atoms with Gasteiger partial charge >= 0.3 is 12.1 Å². The molecule has 16 heteroatoms. The number of pyridine rings is 1. The van der Waals surface area contributed by atoms with E-state index >= 15 is 0 Å². The molecule has 4 N–H and O–H groups in total. The number of hydrogen-bond donors (Lipinski definition) is 3. The molecule has 4 aromatic rings. The average Bonchev–Trinajstić information content (AvgIpc) is 3.53. The number of fused-ring (bicyclic) bond motifs is 2. The van der Waals surface area contributed by atoms with Gasteiger partial charge in [0.2, 0.25) is 0 Å². The Balaban J connectivity index is 0.000000493. The van der Waals surface area contributed by atoms with Crippen LogP contribution in [0.25, 0.3) is 11.2 Å². The van der Waals surface area contributed by atoms with E-state index in [1.54, 1.807) is 31.0 Å². The lowest BCUT2D eigenvalue weighted by Gasteiger charge is -2.38. The van der Waals surface area contributed by atoms with E-state index in [1.807, 2.05) is 24.3 Å². The van der Waals surface area contributed by atoms with E-state index in [0.29, 0.717) is 23.8 Å². The van der Waals surface area contributed by atoms with Crippen molar-refractivity contribution in [1.29, 1.82) is 5.26 Å². The van der Waals surface area contributed by atoms with Crippen molar-refractivity contribution in [2.24, 2.45) is 5.41 Å². The van der Waals surface area contributed by atoms with Crippen LogP contribution in [0, 0.1) is 16.7 Å². The summed E-state index contributed by atoms with van der Waals surface area (Å²) in [6, 6.07) is 5.62. The van der Waals surface area contributed by atoms with Gasteiger partial charge < -0.3 is 21.1 Å². The summed E-state index contributed by atoms with van der Waals surface area (Å²) >= 11 is 6.59. The van der Waals surface area contributed by atoms with Crippen LogP contribution >= 0.6 is 11.6 Å². The second-order valence-corrected chi connectivity index (χ2v) is 10.1. The molecule has 1 unspecified atom stereocenters. The number of anilines is 2. The average molecular weight is 592 g/mol. The predicted octanol–water partition coefficient (Wildman–Crippen LogP) is 3.87. The number of imidazole rings is 1. The molecule has 41 heavy (non-hydrogen) atoms.